The second-order valence-electron chi connectivity index (χ2n) is 4.52. The van der Waals surface area contributed by atoms with Gasteiger partial charge in [0.2, 0.25) is 0 Å². The summed E-state index contributed by atoms with van der Waals surface area (Å²) in [6, 6.07) is 8.58. The largest absolute Gasteiger partial charge is 0.480 e. The number of benzene rings is 1. The molecular formula is C15H15N3O3. The number of amides is 1. The number of carboxylic acid groups (broad SMARTS) is 1. The molecule has 0 saturated heterocycles. The van der Waals surface area contributed by atoms with Crippen molar-refractivity contribution in [2.24, 2.45) is 0 Å². The minimum Gasteiger partial charge on any atom is -0.480 e. The molecule has 0 aliphatic carbocycles. The van der Waals surface area contributed by atoms with Crippen molar-refractivity contribution < 1.29 is 14.7 Å². The Morgan fingerprint density at radius 3 is 2.43 bits per heavy atom. The molecule has 0 saturated carbocycles. The van der Waals surface area contributed by atoms with Crippen molar-refractivity contribution in [3.05, 3.63) is 60.2 Å². The van der Waals surface area contributed by atoms with Gasteiger partial charge in [-0.05, 0) is 18.4 Å². The predicted molar refractivity (Wildman–Crippen MR) is 75.7 cm³/mol. The number of rotatable bonds is 6. The lowest BCUT2D eigenvalue weighted by molar-refractivity contribution is -0.139. The maximum Gasteiger partial charge on any atom is 0.326 e. The molecule has 2 aromatic rings. The van der Waals surface area contributed by atoms with Crippen molar-refractivity contribution in [1.29, 1.82) is 0 Å². The Morgan fingerprint density at radius 1 is 1.14 bits per heavy atom. The molecule has 1 amide bonds. The van der Waals surface area contributed by atoms with Crippen molar-refractivity contribution in [2.75, 3.05) is 0 Å². The third-order valence-corrected chi connectivity index (χ3v) is 2.99. The van der Waals surface area contributed by atoms with Crippen LogP contribution in [0.15, 0.2) is 49.1 Å². The molecule has 1 aromatic heterocycles. The smallest absolute Gasteiger partial charge is 0.326 e. The van der Waals surface area contributed by atoms with E-state index in [2.05, 4.69) is 15.3 Å². The first-order valence-electron chi connectivity index (χ1n) is 6.49. The van der Waals surface area contributed by atoms with Crippen LogP contribution in [-0.2, 0) is 11.2 Å². The summed E-state index contributed by atoms with van der Waals surface area (Å²) in [7, 11) is 0. The van der Waals surface area contributed by atoms with Gasteiger partial charge in [-0.25, -0.2) is 14.8 Å². The third-order valence-electron chi connectivity index (χ3n) is 2.99. The van der Waals surface area contributed by atoms with Crippen molar-refractivity contribution in [3.8, 4) is 0 Å². The SMILES string of the molecule is O=C(N[C@@H](CCc1ccccc1)C(=O)O)c1cncnc1. The fourth-order valence-electron chi connectivity index (χ4n) is 1.87. The fourth-order valence-corrected chi connectivity index (χ4v) is 1.87. The molecule has 0 radical (unpaired) electrons. The molecule has 0 spiro atoms. The number of aliphatic carboxylic acids is 1. The molecule has 21 heavy (non-hydrogen) atoms. The summed E-state index contributed by atoms with van der Waals surface area (Å²) < 4.78 is 0. The molecule has 0 unspecified atom stereocenters. The first-order chi connectivity index (χ1) is 10.2. The van der Waals surface area contributed by atoms with Crippen molar-refractivity contribution in [2.45, 2.75) is 18.9 Å². The van der Waals surface area contributed by atoms with Gasteiger partial charge in [0.25, 0.3) is 5.91 Å². The highest BCUT2D eigenvalue weighted by molar-refractivity contribution is 5.96. The molecule has 108 valence electrons. The van der Waals surface area contributed by atoms with Crippen LogP contribution < -0.4 is 5.32 Å². The number of nitrogens with zero attached hydrogens (tertiary/aromatic N) is 2. The second kappa shape index (κ2) is 7.14. The number of carboxylic acids is 1. The summed E-state index contributed by atoms with van der Waals surface area (Å²) in [6.07, 6.45) is 4.89. The summed E-state index contributed by atoms with van der Waals surface area (Å²) in [5.74, 6) is -1.55. The van der Waals surface area contributed by atoms with Crippen LogP contribution in [0.3, 0.4) is 0 Å². The van der Waals surface area contributed by atoms with Gasteiger partial charge < -0.3 is 10.4 Å². The zero-order valence-electron chi connectivity index (χ0n) is 11.3. The Hall–Kier alpha value is -2.76. The highest BCUT2D eigenvalue weighted by atomic mass is 16.4. The second-order valence-corrected chi connectivity index (χ2v) is 4.52. The van der Waals surface area contributed by atoms with E-state index in [4.69, 9.17) is 0 Å². The average molecular weight is 285 g/mol. The van der Waals surface area contributed by atoms with Crippen LogP contribution in [0.25, 0.3) is 0 Å². The van der Waals surface area contributed by atoms with E-state index in [-0.39, 0.29) is 5.56 Å². The highest BCUT2D eigenvalue weighted by Gasteiger charge is 2.20. The zero-order valence-corrected chi connectivity index (χ0v) is 11.3. The Balaban J connectivity index is 1.96. The Bertz CT molecular complexity index is 602. The molecule has 2 rings (SSSR count). The first-order valence-corrected chi connectivity index (χ1v) is 6.49. The number of aromatic nitrogens is 2. The Labute approximate surface area is 121 Å². The zero-order chi connectivity index (χ0) is 15.1. The van der Waals surface area contributed by atoms with Gasteiger partial charge in [-0.2, -0.15) is 0 Å². The van der Waals surface area contributed by atoms with Crippen LogP contribution in [0.2, 0.25) is 0 Å². The van der Waals surface area contributed by atoms with E-state index >= 15 is 0 Å². The molecular weight excluding hydrogens is 270 g/mol. The number of hydrogen-bond acceptors (Lipinski definition) is 4. The predicted octanol–water partition coefficient (Wildman–Crippen LogP) is 1.29. The summed E-state index contributed by atoms with van der Waals surface area (Å²) in [5, 5.41) is 11.7. The van der Waals surface area contributed by atoms with Crippen LogP contribution in [0.1, 0.15) is 22.3 Å². The monoisotopic (exact) mass is 285 g/mol. The molecule has 1 aromatic carbocycles. The van der Waals surface area contributed by atoms with E-state index in [9.17, 15) is 14.7 Å². The topological polar surface area (TPSA) is 92.2 Å². The lowest BCUT2D eigenvalue weighted by Crippen LogP contribution is -2.41. The molecule has 1 heterocycles. The minimum absolute atomic E-state index is 0.239. The maximum absolute atomic E-state index is 11.9. The van der Waals surface area contributed by atoms with Gasteiger partial charge in [-0.15, -0.1) is 0 Å². The van der Waals surface area contributed by atoms with Gasteiger partial charge in [-0.3, -0.25) is 4.79 Å². The summed E-state index contributed by atoms with van der Waals surface area (Å²) in [5.41, 5.74) is 1.27. The molecule has 0 bridgehead atoms. The average Bonchev–Trinajstić information content (AvgIpc) is 2.52. The van der Waals surface area contributed by atoms with Crippen LogP contribution >= 0.6 is 0 Å². The molecule has 6 nitrogen and oxygen atoms in total. The number of carbonyl (C=O) groups is 2. The van der Waals surface area contributed by atoms with Gasteiger partial charge in [0.15, 0.2) is 0 Å². The highest BCUT2D eigenvalue weighted by Crippen LogP contribution is 2.06. The summed E-state index contributed by atoms with van der Waals surface area (Å²) in [4.78, 5) is 30.6. The van der Waals surface area contributed by atoms with E-state index in [1.807, 2.05) is 30.3 Å². The summed E-state index contributed by atoms with van der Waals surface area (Å²) >= 11 is 0. The number of aryl methyl sites for hydroxylation is 1. The normalized spacial score (nSPS) is 11.6. The molecule has 0 aliphatic rings. The standard InChI is InChI=1S/C15H15N3O3/c19-14(12-8-16-10-17-9-12)18-13(15(20)21)7-6-11-4-2-1-3-5-11/h1-5,8-10,13H,6-7H2,(H,18,19)(H,20,21)/t13-/m0/s1. The van der Waals surface area contributed by atoms with Crippen LogP contribution in [0.4, 0.5) is 0 Å². The number of hydrogen-bond donors (Lipinski definition) is 2. The number of carbonyl (C=O) groups excluding carboxylic acids is 1. The molecule has 0 fully saturated rings. The molecule has 6 heteroatoms. The van der Waals surface area contributed by atoms with Gasteiger partial charge >= 0.3 is 5.97 Å². The van der Waals surface area contributed by atoms with Crippen molar-refractivity contribution in [1.82, 2.24) is 15.3 Å². The van der Waals surface area contributed by atoms with Crippen molar-refractivity contribution >= 4 is 11.9 Å². The number of nitrogens with one attached hydrogen (secondary N) is 1. The Morgan fingerprint density at radius 2 is 1.81 bits per heavy atom. The van der Waals surface area contributed by atoms with Crippen LogP contribution in [-0.4, -0.2) is 33.0 Å². The maximum atomic E-state index is 11.9. The lowest BCUT2D eigenvalue weighted by atomic mass is 10.1. The first kappa shape index (κ1) is 14.6. The van der Waals surface area contributed by atoms with E-state index < -0.39 is 17.9 Å². The third kappa shape index (κ3) is 4.38. The fraction of sp³-hybridized carbons (Fsp3) is 0.200. The van der Waals surface area contributed by atoms with E-state index in [1.165, 1.54) is 18.7 Å². The van der Waals surface area contributed by atoms with E-state index in [0.717, 1.165) is 5.56 Å². The minimum atomic E-state index is -1.06. The Kier molecular flexibility index (Phi) is 4.98. The van der Waals surface area contributed by atoms with Crippen molar-refractivity contribution in [3.63, 3.8) is 0 Å². The summed E-state index contributed by atoms with van der Waals surface area (Å²) in [6.45, 7) is 0. The van der Waals surface area contributed by atoms with E-state index in [0.29, 0.717) is 12.8 Å². The van der Waals surface area contributed by atoms with Crippen LogP contribution in [0, 0.1) is 0 Å². The quantitative estimate of drug-likeness (QED) is 0.834. The van der Waals surface area contributed by atoms with Gasteiger partial charge in [-0.1, -0.05) is 30.3 Å². The lowest BCUT2D eigenvalue weighted by Gasteiger charge is -2.14. The molecule has 2 N–H and O–H groups in total. The van der Waals surface area contributed by atoms with Gasteiger partial charge in [0.1, 0.15) is 12.4 Å². The molecule has 1 atom stereocenters. The van der Waals surface area contributed by atoms with Gasteiger partial charge in [0, 0.05) is 12.4 Å². The van der Waals surface area contributed by atoms with Gasteiger partial charge in [0.05, 0.1) is 5.56 Å². The van der Waals surface area contributed by atoms with Crippen LogP contribution in [0.5, 0.6) is 0 Å². The molecule has 0 aliphatic heterocycles. The van der Waals surface area contributed by atoms with E-state index in [1.54, 1.807) is 0 Å².